The van der Waals surface area contributed by atoms with Gasteiger partial charge in [0.2, 0.25) is 0 Å². The molecule has 0 saturated carbocycles. The van der Waals surface area contributed by atoms with E-state index in [-0.39, 0.29) is 5.91 Å². The first-order chi connectivity index (χ1) is 12.8. The van der Waals surface area contributed by atoms with Gasteiger partial charge in [-0.25, -0.2) is 4.98 Å². The van der Waals surface area contributed by atoms with E-state index >= 15 is 0 Å². The molecular weight excluding hydrogens is 398 g/mol. The standard InChI is InChI=1S/C20H22ClN3OS2/c1-12-7-13(2)20(14(3)8-12)23-18(25)9-24(4)10-19-22-15(11-26-19)16-5-6-17(21)27-16/h5-8,11H,9-10H2,1-4H3,(H,23,25)/p+1. The Kier molecular flexibility index (Phi) is 6.32. The van der Waals surface area contributed by atoms with Gasteiger partial charge in [-0.05, 0) is 44.0 Å². The number of aromatic nitrogens is 1. The third-order valence-electron chi connectivity index (χ3n) is 4.23. The SMILES string of the molecule is Cc1cc(C)c(NC(=O)C[NH+](C)Cc2nc(-c3ccc(Cl)s3)cs2)c(C)c1. The number of nitrogens with one attached hydrogen (secondary N) is 2. The normalized spacial score (nSPS) is 12.2. The van der Waals surface area contributed by atoms with Gasteiger partial charge in [0.1, 0.15) is 11.6 Å². The van der Waals surface area contributed by atoms with Crippen molar-refractivity contribution in [2.75, 3.05) is 18.9 Å². The number of thiophene rings is 1. The highest BCUT2D eigenvalue weighted by Gasteiger charge is 2.15. The molecule has 0 saturated heterocycles. The highest BCUT2D eigenvalue weighted by molar-refractivity contribution is 7.19. The van der Waals surface area contributed by atoms with Crippen LogP contribution in [-0.4, -0.2) is 24.5 Å². The summed E-state index contributed by atoms with van der Waals surface area (Å²) in [5.74, 6) is 0.0179. The highest BCUT2D eigenvalue weighted by Crippen LogP contribution is 2.31. The Balaban J connectivity index is 1.59. The minimum atomic E-state index is 0.0179. The van der Waals surface area contributed by atoms with Gasteiger partial charge in [0, 0.05) is 11.1 Å². The Labute approximate surface area is 172 Å². The fourth-order valence-electron chi connectivity index (χ4n) is 3.11. The van der Waals surface area contributed by atoms with Gasteiger partial charge in [0.05, 0.1) is 22.0 Å². The van der Waals surface area contributed by atoms with Crippen molar-refractivity contribution < 1.29 is 9.69 Å². The van der Waals surface area contributed by atoms with Gasteiger partial charge < -0.3 is 10.2 Å². The average Bonchev–Trinajstić information content (AvgIpc) is 3.19. The third kappa shape index (κ3) is 5.17. The van der Waals surface area contributed by atoms with E-state index in [2.05, 4.69) is 29.4 Å². The van der Waals surface area contributed by atoms with Gasteiger partial charge in [0.25, 0.3) is 5.91 Å². The molecule has 7 heteroatoms. The second-order valence-electron chi connectivity index (χ2n) is 6.86. The van der Waals surface area contributed by atoms with Crippen molar-refractivity contribution in [2.45, 2.75) is 27.3 Å². The fourth-order valence-corrected chi connectivity index (χ4v) is 5.10. The molecule has 0 spiro atoms. The van der Waals surface area contributed by atoms with E-state index < -0.39 is 0 Å². The molecule has 2 N–H and O–H groups in total. The zero-order chi connectivity index (χ0) is 19.6. The van der Waals surface area contributed by atoms with Crippen LogP contribution >= 0.6 is 34.3 Å². The quantitative estimate of drug-likeness (QED) is 0.630. The number of hydrogen-bond acceptors (Lipinski definition) is 4. The first-order valence-corrected chi connectivity index (χ1v) is 10.8. The summed E-state index contributed by atoms with van der Waals surface area (Å²) in [6, 6.07) is 8.06. The van der Waals surface area contributed by atoms with E-state index in [4.69, 9.17) is 11.6 Å². The number of carbonyl (C=O) groups excluding carboxylic acids is 1. The fraction of sp³-hybridized carbons (Fsp3) is 0.300. The summed E-state index contributed by atoms with van der Waals surface area (Å²) in [5, 5.41) is 6.13. The molecular formula is C20H23ClN3OS2+. The van der Waals surface area contributed by atoms with Crippen LogP contribution in [0.25, 0.3) is 10.6 Å². The minimum absolute atomic E-state index is 0.0179. The molecule has 27 heavy (non-hydrogen) atoms. The van der Waals surface area contributed by atoms with Gasteiger partial charge in [-0.3, -0.25) is 4.79 Å². The van der Waals surface area contributed by atoms with Crippen LogP contribution in [0.4, 0.5) is 5.69 Å². The molecule has 3 aromatic rings. The van der Waals surface area contributed by atoms with Crippen LogP contribution in [0.1, 0.15) is 21.7 Å². The van der Waals surface area contributed by atoms with Crippen LogP contribution in [-0.2, 0) is 11.3 Å². The van der Waals surface area contributed by atoms with Crippen LogP contribution in [0, 0.1) is 20.8 Å². The molecule has 0 bridgehead atoms. The third-order valence-corrected chi connectivity index (χ3v) is 6.34. The summed E-state index contributed by atoms with van der Waals surface area (Å²) in [6.45, 7) is 7.23. The molecule has 142 valence electrons. The Morgan fingerprint density at radius 1 is 1.22 bits per heavy atom. The number of quaternary nitrogens is 1. The van der Waals surface area contributed by atoms with Crippen molar-refractivity contribution in [1.29, 1.82) is 0 Å². The molecule has 0 radical (unpaired) electrons. The lowest BCUT2D eigenvalue weighted by Gasteiger charge is -2.15. The molecule has 0 aliphatic rings. The summed E-state index contributed by atoms with van der Waals surface area (Å²) < 4.78 is 0.764. The number of rotatable bonds is 6. The number of thiazole rings is 1. The first kappa shape index (κ1) is 20.0. The van der Waals surface area contributed by atoms with Crippen LogP contribution in [0.3, 0.4) is 0 Å². The number of nitrogens with zero attached hydrogens (tertiary/aromatic N) is 1. The zero-order valence-corrected chi connectivity index (χ0v) is 18.2. The Morgan fingerprint density at radius 2 is 1.93 bits per heavy atom. The van der Waals surface area contributed by atoms with E-state index in [1.807, 2.05) is 38.4 Å². The molecule has 2 aromatic heterocycles. The van der Waals surface area contributed by atoms with E-state index in [9.17, 15) is 4.79 Å². The number of carbonyl (C=O) groups is 1. The predicted molar refractivity (Wildman–Crippen MR) is 115 cm³/mol. The molecule has 3 rings (SSSR count). The number of likely N-dealkylation sites (N-methyl/N-ethyl adjacent to an activating group) is 1. The number of hydrogen-bond donors (Lipinski definition) is 2. The topological polar surface area (TPSA) is 46.4 Å². The summed E-state index contributed by atoms with van der Waals surface area (Å²) in [5.41, 5.74) is 5.27. The number of aryl methyl sites for hydroxylation is 3. The van der Waals surface area contributed by atoms with Crippen molar-refractivity contribution in [1.82, 2.24) is 4.98 Å². The van der Waals surface area contributed by atoms with Gasteiger partial charge in [0.15, 0.2) is 6.54 Å². The smallest absolute Gasteiger partial charge is 0.279 e. The molecule has 2 heterocycles. The second-order valence-corrected chi connectivity index (χ2v) is 9.52. The molecule has 0 aliphatic heterocycles. The molecule has 1 atom stereocenters. The maximum Gasteiger partial charge on any atom is 0.279 e. The van der Waals surface area contributed by atoms with Gasteiger partial charge in [-0.15, -0.1) is 22.7 Å². The summed E-state index contributed by atoms with van der Waals surface area (Å²) in [7, 11) is 2.01. The lowest BCUT2D eigenvalue weighted by atomic mass is 10.1. The Bertz CT molecular complexity index is 941. The number of halogens is 1. The predicted octanol–water partition coefficient (Wildman–Crippen LogP) is 4.10. The van der Waals surface area contributed by atoms with Crippen LogP contribution in [0.2, 0.25) is 4.34 Å². The lowest BCUT2D eigenvalue weighted by Crippen LogP contribution is -3.08. The van der Waals surface area contributed by atoms with Crippen LogP contribution < -0.4 is 10.2 Å². The van der Waals surface area contributed by atoms with E-state index in [1.54, 1.807) is 11.3 Å². The Hall–Kier alpha value is -1.73. The monoisotopic (exact) mass is 420 g/mol. The lowest BCUT2D eigenvalue weighted by molar-refractivity contribution is -0.885. The van der Waals surface area contributed by atoms with Gasteiger partial charge in [-0.2, -0.15) is 0 Å². The zero-order valence-electron chi connectivity index (χ0n) is 15.9. The van der Waals surface area contributed by atoms with Crippen molar-refractivity contribution in [3.8, 4) is 10.6 Å². The van der Waals surface area contributed by atoms with Crippen molar-refractivity contribution in [3.63, 3.8) is 0 Å². The van der Waals surface area contributed by atoms with E-state index in [0.29, 0.717) is 13.1 Å². The number of anilines is 1. The van der Waals surface area contributed by atoms with Gasteiger partial charge >= 0.3 is 0 Å². The van der Waals surface area contributed by atoms with Crippen molar-refractivity contribution >= 4 is 45.9 Å². The number of amides is 1. The molecule has 1 unspecified atom stereocenters. The maximum absolute atomic E-state index is 12.5. The second kappa shape index (κ2) is 8.52. The molecule has 0 fully saturated rings. The van der Waals surface area contributed by atoms with Gasteiger partial charge in [-0.1, -0.05) is 29.3 Å². The number of benzene rings is 1. The van der Waals surface area contributed by atoms with E-state index in [0.717, 1.165) is 41.6 Å². The van der Waals surface area contributed by atoms with Crippen molar-refractivity contribution in [2.24, 2.45) is 0 Å². The van der Waals surface area contributed by atoms with Crippen LogP contribution in [0.5, 0.6) is 0 Å². The van der Waals surface area contributed by atoms with Crippen LogP contribution in [0.15, 0.2) is 29.6 Å². The average molecular weight is 421 g/mol. The Morgan fingerprint density at radius 3 is 2.56 bits per heavy atom. The molecule has 1 aromatic carbocycles. The maximum atomic E-state index is 12.5. The summed E-state index contributed by atoms with van der Waals surface area (Å²) in [4.78, 5) is 19.3. The molecule has 4 nitrogen and oxygen atoms in total. The summed E-state index contributed by atoms with van der Waals surface area (Å²) >= 11 is 9.15. The first-order valence-electron chi connectivity index (χ1n) is 8.71. The minimum Gasteiger partial charge on any atom is -0.324 e. The highest BCUT2D eigenvalue weighted by atomic mass is 35.5. The van der Waals surface area contributed by atoms with E-state index in [1.165, 1.54) is 16.9 Å². The molecule has 0 aliphatic carbocycles. The largest absolute Gasteiger partial charge is 0.324 e. The summed E-state index contributed by atoms with van der Waals surface area (Å²) in [6.07, 6.45) is 0. The molecule has 1 amide bonds. The van der Waals surface area contributed by atoms with Crippen molar-refractivity contribution in [3.05, 3.63) is 55.7 Å².